The molecule has 1 aliphatic rings. The molecule has 1 saturated heterocycles. The van der Waals surface area contributed by atoms with Crippen LogP contribution >= 0.6 is 23.1 Å². The fourth-order valence-electron chi connectivity index (χ4n) is 4.09. The molecule has 5 rings (SSSR count). The number of aromatic nitrogens is 3. The average molecular weight is 492 g/mol. The molecule has 0 radical (unpaired) electrons. The maximum atomic E-state index is 13.0. The van der Waals surface area contributed by atoms with E-state index in [9.17, 15) is 9.59 Å². The first kappa shape index (κ1) is 22.6. The third-order valence-corrected chi connectivity index (χ3v) is 8.22. The summed E-state index contributed by atoms with van der Waals surface area (Å²) < 4.78 is 3.10. The molecule has 3 heterocycles. The van der Waals surface area contributed by atoms with E-state index in [1.165, 1.54) is 21.5 Å². The van der Waals surface area contributed by atoms with E-state index < -0.39 is 0 Å². The largest absolute Gasteiger partial charge is 0.339 e. The number of likely N-dealkylation sites (tertiary alicyclic amines) is 1. The molecule has 0 bridgehead atoms. The number of hydrogen-bond donors (Lipinski definition) is 1. The minimum Gasteiger partial charge on any atom is -0.339 e. The number of carbonyl (C=O) groups excluding carboxylic acids is 2. The Kier molecular flexibility index (Phi) is 6.64. The molecule has 1 fully saturated rings. The third kappa shape index (κ3) is 5.00. The Labute approximate surface area is 206 Å². The number of nitrogens with zero attached hydrogens (tertiary/aromatic N) is 4. The lowest BCUT2D eigenvalue weighted by atomic mass is 9.97. The van der Waals surface area contributed by atoms with E-state index in [2.05, 4.69) is 22.4 Å². The molecule has 1 N–H and O–H groups in total. The molecule has 2 amide bonds. The first-order valence-electron chi connectivity index (χ1n) is 11.2. The maximum absolute atomic E-state index is 13.0. The molecule has 0 unspecified atom stereocenters. The molecule has 7 nitrogen and oxygen atoms in total. The monoisotopic (exact) mass is 491 g/mol. The number of thiazole rings is 1. The van der Waals surface area contributed by atoms with Crippen LogP contribution in [-0.2, 0) is 11.8 Å². The van der Waals surface area contributed by atoms with Gasteiger partial charge in [-0.15, -0.1) is 11.3 Å². The van der Waals surface area contributed by atoms with E-state index >= 15 is 0 Å². The zero-order valence-electron chi connectivity index (χ0n) is 18.8. The predicted octanol–water partition coefficient (Wildman–Crippen LogP) is 4.78. The van der Waals surface area contributed by atoms with Gasteiger partial charge < -0.3 is 14.8 Å². The predicted molar refractivity (Wildman–Crippen MR) is 137 cm³/mol. The highest BCUT2D eigenvalue weighted by Crippen LogP contribution is 2.34. The molecule has 0 spiro atoms. The van der Waals surface area contributed by atoms with Gasteiger partial charge in [-0.2, -0.15) is 0 Å². The van der Waals surface area contributed by atoms with Gasteiger partial charge in [-0.05, 0) is 49.2 Å². The van der Waals surface area contributed by atoms with Crippen molar-refractivity contribution in [2.45, 2.75) is 23.9 Å². The number of rotatable bonds is 6. The summed E-state index contributed by atoms with van der Waals surface area (Å²) in [6.07, 6.45) is 5.40. The van der Waals surface area contributed by atoms with Crippen molar-refractivity contribution in [3.63, 3.8) is 0 Å². The Balaban J connectivity index is 1.13. The van der Waals surface area contributed by atoms with E-state index in [0.29, 0.717) is 17.2 Å². The van der Waals surface area contributed by atoms with Gasteiger partial charge in [-0.3, -0.25) is 9.59 Å². The summed E-state index contributed by atoms with van der Waals surface area (Å²) in [5, 5.41) is 4.85. The van der Waals surface area contributed by atoms with Crippen LogP contribution in [0.1, 0.15) is 34.1 Å². The quantitative estimate of drug-likeness (QED) is 0.393. The molecular weight excluding hydrogens is 466 g/mol. The van der Waals surface area contributed by atoms with Gasteiger partial charge in [0.15, 0.2) is 5.16 Å². The van der Waals surface area contributed by atoms with Gasteiger partial charge in [0.1, 0.15) is 0 Å². The number of anilines is 1. The van der Waals surface area contributed by atoms with Crippen LogP contribution in [0.2, 0.25) is 0 Å². The standard InChI is InChI=1S/C25H25N5O2S2/c1-29-15-12-26-25(29)33-16-22(31)27-19-8-6-18(7-9-19)24(32)30-13-10-17(11-14-30)23-28-20-4-2-3-5-21(20)34-23/h2-9,12,15,17H,10-11,13-14,16H2,1H3,(H,27,31). The highest BCUT2D eigenvalue weighted by molar-refractivity contribution is 7.99. The Morgan fingerprint density at radius 1 is 1.12 bits per heavy atom. The van der Waals surface area contributed by atoms with Crippen LogP contribution in [0.5, 0.6) is 0 Å². The summed E-state index contributed by atoms with van der Waals surface area (Å²) in [5.41, 5.74) is 2.37. The molecule has 2 aromatic heterocycles. The zero-order chi connectivity index (χ0) is 23.5. The van der Waals surface area contributed by atoms with Gasteiger partial charge in [0.25, 0.3) is 5.91 Å². The highest BCUT2D eigenvalue weighted by Gasteiger charge is 2.26. The molecule has 2 aromatic carbocycles. The third-order valence-electron chi connectivity index (χ3n) is 5.97. The topological polar surface area (TPSA) is 80.1 Å². The van der Waals surface area contributed by atoms with E-state index in [1.54, 1.807) is 41.8 Å². The molecular formula is C25H25N5O2S2. The van der Waals surface area contributed by atoms with E-state index in [-0.39, 0.29) is 17.6 Å². The Bertz CT molecular complexity index is 1270. The summed E-state index contributed by atoms with van der Waals surface area (Å²) >= 11 is 3.15. The van der Waals surface area contributed by atoms with Crippen LogP contribution in [0, 0.1) is 0 Å². The van der Waals surface area contributed by atoms with Crippen LogP contribution in [0.25, 0.3) is 10.2 Å². The second-order valence-corrected chi connectivity index (χ2v) is 10.3. The summed E-state index contributed by atoms with van der Waals surface area (Å²) in [5.74, 6) is 0.604. The molecule has 0 atom stereocenters. The number of amides is 2. The van der Waals surface area contributed by atoms with Crippen LogP contribution in [0.3, 0.4) is 0 Å². The van der Waals surface area contributed by atoms with E-state index in [1.807, 2.05) is 34.8 Å². The summed E-state index contributed by atoms with van der Waals surface area (Å²) in [6.45, 7) is 1.45. The Hall–Kier alpha value is -3.17. The minimum absolute atomic E-state index is 0.0333. The normalized spacial score (nSPS) is 14.4. The number of hydrogen-bond acceptors (Lipinski definition) is 6. The van der Waals surface area contributed by atoms with Gasteiger partial charge in [0.2, 0.25) is 5.91 Å². The molecule has 1 aliphatic heterocycles. The lowest BCUT2D eigenvalue weighted by Gasteiger charge is -2.31. The molecule has 9 heteroatoms. The van der Waals surface area contributed by atoms with Crippen LogP contribution in [0.4, 0.5) is 5.69 Å². The van der Waals surface area contributed by atoms with Crippen molar-refractivity contribution in [2.24, 2.45) is 7.05 Å². The van der Waals surface area contributed by atoms with Gasteiger partial charge in [0, 0.05) is 49.7 Å². The molecule has 4 aromatic rings. The minimum atomic E-state index is -0.107. The number of fused-ring (bicyclic) bond motifs is 1. The smallest absolute Gasteiger partial charge is 0.253 e. The van der Waals surface area contributed by atoms with Crippen molar-refractivity contribution < 1.29 is 9.59 Å². The highest BCUT2D eigenvalue weighted by atomic mass is 32.2. The second-order valence-electron chi connectivity index (χ2n) is 8.32. The Morgan fingerprint density at radius 2 is 1.88 bits per heavy atom. The zero-order valence-corrected chi connectivity index (χ0v) is 20.4. The Morgan fingerprint density at radius 3 is 2.59 bits per heavy atom. The van der Waals surface area contributed by atoms with Gasteiger partial charge in [0.05, 0.1) is 21.0 Å². The molecule has 174 valence electrons. The van der Waals surface area contributed by atoms with Crippen molar-refractivity contribution in [1.82, 2.24) is 19.4 Å². The van der Waals surface area contributed by atoms with Crippen molar-refractivity contribution in [3.05, 3.63) is 71.5 Å². The van der Waals surface area contributed by atoms with Crippen molar-refractivity contribution in [3.8, 4) is 0 Å². The average Bonchev–Trinajstić information content (AvgIpc) is 3.49. The maximum Gasteiger partial charge on any atom is 0.253 e. The molecule has 0 saturated carbocycles. The summed E-state index contributed by atoms with van der Waals surface area (Å²) in [6, 6.07) is 15.4. The fourth-order valence-corrected chi connectivity index (χ4v) is 5.96. The number of benzene rings is 2. The van der Waals surface area contributed by atoms with Crippen LogP contribution in [-0.4, -0.2) is 50.1 Å². The van der Waals surface area contributed by atoms with Crippen molar-refractivity contribution in [2.75, 3.05) is 24.2 Å². The molecule has 0 aliphatic carbocycles. The van der Waals surface area contributed by atoms with Crippen LogP contribution < -0.4 is 5.32 Å². The molecule has 34 heavy (non-hydrogen) atoms. The number of nitrogens with one attached hydrogen (secondary N) is 1. The van der Waals surface area contributed by atoms with Crippen LogP contribution in [0.15, 0.2) is 66.1 Å². The van der Waals surface area contributed by atoms with Gasteiger partial charge in [-0.25, -0.2) is 9.97 Å². The summed E-state index contributed by atoms with van der Waals surface area (Å²) in [4.78, 5) is 36.2. The second kappa shape index (κ2) is 9.99. The SMILES string of the molecule is Cn1ccnc1SCC(=O)Nc1ccc(C(=O)N2CCC(c3nc4ccccc4s3)CC2)cc1. The van der Waals surface area contributed by atoms with E-state index in [0.717, 1.165) is 36.6 Å². The lowest BCUT2D eigenvalue weighted by molar-refractivity contribution is -0.113. The van der Waals surface area contributed by atoms with Gasteiger partial charge in [-0.1, -0.05) is 23.9 Å². The summed E-state index contributed by atoms with van der Waals surface area (Å²) in [7, 11) is 1.90. The fraction of sp³-hybridized carbons (Fsp3) is 0.280. The number of thioether (sulfide) groups is 1. The first-order chi connectivity index (χ1) is 16.6. The first-order valence-corrected chi connectivity index (χ1v) is 13.0. The van der Waals surface area contributed by atoms with Crippen molar-refractivity contribution in [1.29, 1.82) is 0 Å². The number of para-hydroxylation sites is 1. The van der Waals surface area contributed by atoms with Crippen molar-refractivity contribution >= 4 is 50.8 Å². The number of aryl methyl sites for hydroxylation is 1. The van der Waals surface area contributed by atoms with Gasteiger partial charge >= 0.3 is 0 Å². The lowest BCUT2D eigenvalue weighted by Crippen LogP contribution is -2.37. The number of piperidine rings is 1. The van der Waals surface area contributed by atoms with E-state index in [4.69, 9.17) is 4.98 Å². The number of carbonyl (C=O) groups is 2. The number of imidazole rings is 1.